The van der Waals surface area contributed by atoms with Crippen LogP contribution in [-0.2, 0) is 16.9 Å². The van der Waals surface area contributed by atoms with Gasteiger partial charge in [0.25, 0.3) is 5.03 Å². The zero-order valence-electron chi connectivity index (χ0n) is 14.8. The average molecular weight is 355 g/mol. The summed E-state index contributed by atoms with van der Waals surface area (Å²) in [5.41, 5.74) is 4.25. The summed E-state index contributed by atoms with van der Waals surface area (Å²) in [6, 6.07) is 13.4. The van der Waals surface area contributed by atoms with Gasteiger partial charge in [0.1, 0.15) is 17.2 Å². The molecule has 0 saturated heterocycles. The number of benzene rings is 2. The minimum atomic E-state index is -1.29. The number of anilines is 1. The lowest BCUT2D eigenvalue weighted by molar-refractivity contribution is 0.414. The van der Waals surface area contributed by atoms with Crippen molar-refractivity contribution < 1.29 is 9.29 Å². The standard InChI is InChI=1S/C19H21N3O2S/c1-13-19(21-17-8-6-5-7-16(17)20-13)25(23)12-14-11-15(24-4)9-10-18(14)22(2)3/h5-11H,12H2,1-4H3. The van der Waals surface area contributed by atoms with Crippen molar-refractivity contribution in [2.75, 3.05) is 26.1 Å². The highest BCUT2D eigenvalue weighted by Gasteiger charge is 2.21. The Labute approximate surface area is 150 Å². The average Bonchev–Trinajstić information content (AvgIpc) is 2.60. The van der Waals surface area contributed by atoms with Crippen molar-refractivity contribution in [1.82, 2.24) is 9.97 Å². The fourth-order valence-electron chi connectivity index (χ4n) is 2.74. The summed E-state index contributed by atoms with van der Waals surface area (Å²) in [5, 5.41) is 0.534. The molecule has 0 aliphatic heterocycles. The van der Waals surface area contributed by atoms with E-state index in [-0.39, 0.29) is 0 Å². The summed E-state index contributed by atoms with van der Waals surface area (Å²) < 4.78 is 18.3. The quantitative estimate of drug-likeness (QED) is 0.657. The van der Waals surface area contributed by atoms with Gasteiger partial charge in [-0.25, -0.2) is 4.98 Å². The number of aryl methyl sites for hydroxylation is 1. The van der Waals surface area contributed by atoms with Crippen molar-refractivity contribution >= 4 is 27.9 Å². The molecular formula is C19H21N3O2S. The molecule has 0 spiro atoms. The molecule has 0 amide bonds. The zero-order chi connectivity index (χ0) is 18.0. The Bertz CT molecular complexity index is 899. The molecule has 3 aromatic rings. The van der Waals surface area contributed by atoms with Crippen molar-refractivity contribution in [3.05, 3.63) is 53.7 Å². The normalized spacial score (nSPS) is 12.2. The predicted molar refractivity (Wildman–Crippen MR) is 102 cm³/mol. The Morgan fingerprint density at radius 3 is 2.40 bits per heavy atom. The number of methoxy groups -OCH3 is 1. The molecule has 0 radical (unpaired) electrons. The molecule has 0 fully saturated rings. The number of fused-ring (bicyclic) bond motifs is 1. The van der Waals surface area contributed by atoms with E-state index >= 15 is 0 Å². The van der Waals surface area contributed by atoms with Gasteiger partial charge in [-0.2, -0.15) is 4.98 Å². The van der Waals surface area contributed by atoms with Gasteiger partial charge in [0.05, 0.1) is 18.1 Å². The molecule has 1 aromatic heterocycles. The largest absolute Gasteiger partial charge is 0.610 e. The first kappa shape index (κ1) is 17.5. The predicted octanol–water partition coefficient (Wildman–Crippen LogP) is 3.32. The maximum atomic E-state index is 13.0. The number of aromatic nitrogens is 2. The fourth-order valence-corrected chi connectivity index (χ4v) is 3.96. The number of nitrogens with zero attached hydrogens (tertiary/aromatic N) is 3. The highest BCUT2D eigenvalue weighted by Crippen LogP contribution is 2.28. The minimum absolute atomic E-state index is 0.360. The van der Waals surface area contributed by atoms with Crippen LogP contribution in [0.5, 0.6) is 5.75 Å². The third kappa shape index (κ3) is 3.70. The second kappa shape index (κ2) is 7.29. The van der Waals surface area contributed by atoms with Crippen molar-refractivity contribution in [3.63, 3.8) is 0 Å². The van der Waals surface area contributed by atoms with Crippen LogP contribution in [0.3, 0.4) is 0 Å². The first-order chi connectivity index (χ1) is 12.0. The highest BCUT2D eigenvalue weighted by molar-refractivity contribution is 7.90. The maximum Gasteiger partial charge on any atom is 0.266 e. The van der Waals surface area contributed by atoms with Gasteiger partial charge >= 0.3 is 0 Å². The van der Waals surface area contributed by atoms with Crippen molar-refractivity contribution in [3.8, 4) is 5.75 Å². The summed E-state index contributed by atoms with van der Waals surface area (Å²) in [6.07, 6.45) is 0. The Morgan fingerprint density at radius 1 is 1.08 bits per heavy atom. The molecule has 0 aliphatic carbocycles. The molecule has 1 heterocycles. The number of rotatable bonds is 5. The maximum absolute atomic E-state index is 13.0. The molecule has 3 rings (SSSR count). The molecule has 130 valence electrons. The van der Waals surface area contributed by atoms with Crippen LogP contribution < -0.4 is 9.64 Å². The molecule has 1 atom stereocenters. The van der Waals surface area contributed by atoms with Gasteiger partial charge in [0.2, 0.25) is 0 Å². The van der Waals surface area contributed by atoms with E-state index in [0.717, 1.165) is 28.0 Å². The third-order valence-corrected chi connectivity index (χ3v) is 5.36. The smallest absolute Gasteiger partial charge is 0.266 e. The monoisotopic (exact) mass is 355 g/mol. The van der Waals surface area contributed by atoms with Crippen LogP contribution in [0.25, 0.3) is 11.0 Å². The van der Waals surface area contributed by atoms with Crippen LogP contribution in [0.4, 0.5) is 5.69 Å². The lowest BCUT2D eigenvalue weighted by atomic mass is 10.2. The van der Waals surface area contributed by atoms with Crippen LogP contribution in [0.15, 0.2) is 47.5 Å². The van der Waals surface area contributed by atoms with E-state index in [1.807, 2.05) is 68.4 Å². The molecule has 6 heteroatoms. The minimum Gasteiger partial charge on any atom is -0.610 e. The van der Waals surface area contributed by atoms with Crippen molar-refractivity contribution in [2.24, 2.45) is 0 Å². The molecule has 0 aliphatic rings. The van der Waals surface area contributed by atoms with Gasteiger partial charge in [-0.3, -0.25) is 0 Å². The van der Waals surface area contributed by atoms with Gasteiger partial charge in [-0.05, 0) is 37.3 Å². The van der Waals surface area contributed by atoms with E-state index in [4.69, 9.17) is 4.74 Å². The second-order valence-corrected chi connectivity index (χ2v) is 7.35. The Morgan fingerprint density at radius 2 is 1.76 bits per heavy atom. The SMILES string of the molecule is COc1ccc(N(C)C)c(C[S+]([O-])c2nc3ccccc3nc2C)c1. The summed E-state index contributed by atoms with van der Waals surface area (Å²) in [6.45, 7) is 1.85. The molecule has 5 nitrogen and oxygen atoms in total. The highest BCUT2D eigenvalue weighted by atomic mass is 32.2. The first-order valence-electron chi connectivity index (χ1n) is 7.95. The first-order valence-corrected chi connectivity index (χ1v) is 9.27. The molecule has 2 aromatic carbocycles. The molecule has 1 unspecified atom stereocenters. The summed E-state index contributed by atoms with van der Waals surface area (Å²) in [5.74, 6) is 1.11. The number of hydrogen-bond acceptors (Lipinski definition) is 5. The molecule has 0 saturated carbocycles. The Kier molecular flexibility index (Phi) is 5.11. The van der Waals surface area contributed by atoms with Crippen molar-refractivity contribution in [1.29, 1.82) is 0 Å². The molecule has 0 bridgehead atoms. The third-order valence-electron chi connectivity index (χ3n) is 3.97. The fraction of sp³-hybridized carbons (Fsp3) is 0.263. The number of para-hydroxylation sites is 2. The van der Waals surface area contributed by atoms with E-state index in [0.29, 0.717) is 16.5 Å². The van der Waals surface area contributed by atoms with Gasteiger partial charge in [-0.15, -0.1) is 0 Å². The lowest BCUT2D eigenvalue weighted by Crippen LogP contribution is -2.15. The summed E-state index contributed by atoms with van der Waals surface area (Å²) in [4.78, 5) is 11.1. The topological polar surface area (TPSA) is 61.3 Å². The Balaban J connectivity index is 1.97. The van der Waals surface area contributed by atoms with Crippen LogP contribution in [0, 0.1) is 6.92 Å². The van der Waals surface area contributed by atoms with Gasteiger partial charge in [-0.1, -0.05) is 12.1 Å². The van der Waals surface area contributed by atoms with E-state index < -0.39 is 11.2 Å². The van der Waals surface area contributed by atoms with Gasteiger partial charge < -0.3 is 14.2 Å². The molecule has 25 heavy (non-hydrogen) atoms. The summed E-state index contributed by atoms with van der Waals surface area (Å²) >= 11 is -1.29. The lowest BCUT2D eigenvalue weighted by Gasteiger charge is -2.19. The van der Waals surface area contributed by atoms with Crippen LogP contribution in [-0.4, -0.2) is 35.7 Å². The zero-order valence-corrected chi connectivity index (χ0v) is 15.6. The van der Waals surface area contributed by atoms with Crippen LogP contribution in [0.2, 0.25) is 0 Å². The van der Waals surface area contributed by atoms with Crippen LogP contribution >= 0.6 is 0 Å². The van der Waals surface area contributed by atoms with Gasteiger partial charge in [0, 0.05) is 36.5 Å². The van der Waals surface area contributed by atoms with E-state index in [2.05, 4.69) is 9.97 Å². The van der Waals surface area contributed by atoms with Crippen molar-refractivity contribution in [2.45, 2.75) is 17.7 Å². The van der Waals surface area contributed by atoms with Gasteiger partial charge in [0.15, 0.2) is 0 Å². The number of ether oxygens (including phenoxy) is 1. The molecular weight excluding hydrogens is 334 g/mol. The van der Waals surface area contributed by atoms with E-state index in [1.54, 1.807) is 7.11 Å². The second-order valence-electron chi connectivity index (χ2n) is 5.98. The van der Waals surface area contributed by atoms with E-state index in [1.165, 1.54) is 0 Å². The van der Waals surface area contributed by atoms with Crippen LogP contribution in [0.1, 0.15) is 11.3 Å². The summed E-state index contributed by atoms with van der Waals surface area (Å²) in [7, 11) is 5.56. The van der Waals surface area contributed by atoms with E-state index in [9.17, 15) is 4.55 Å². The molecule has 0 N–H and O–H groups in total. The Hall–Kier alpha value is -2.31. The number of hydrogen-bond donors (Lipinski definition) is 0.